The Bertz CT molecular complexity index is 377. The minimum Gasteiger partial charge on any atom is -0.342 e. The van der Waals surface area contributed by atoms with Crippen molar-refractivity contribution < 1.29 is 4.79 Å². The lowest BCUT2D eigenvalue weighted by molar-refractivity contribution is -0.131. The van der Waals surface area contributed by atoms with Gasteiger partial charge >= 0.3 is 0 Å². The Morgan fingerprint density at radius 3 is 2.17 bits per heavy atom. The number of carbonyl (C=O) groups is 1. The van der Waals surface area contributed by atoms with Crippen LogP contribution in [0.2, 0.25) is 0 Å². The van der Waals surface area contributed by atoms with Crippen LogP contribution in [-0.4, -0.2) is 23.9 Å². The van der Waals surface area contributed by atoms with E-state index in [4.69, 9.17) is 0 Å². The second-order valence-corrected chi connectivity index (χ2v) is 8.02. The highest BCUT2D eigenvalue weighted by Gasteiger charge is 2.17. The largest absolute Gasteiger partial charge is 0.342 e. The maximum absolute atomic E-state index is 12.3. The van der Waals surface area contributed by atoms with Crippen LogP contribution in [0.5, 0.6) is 0 Å². The first-order valence-corrected chi connectivity index (χ1v) is 8.01. The third-order valence-electron chi connectivity index (χ3n) is 2.48. The van der Waals surface area contributed by atoms with Crippen molar-refractivity contribution in [1.29, 1.82) is 0 Å². The average molecular weight is 332 g/mol. The zero-order chi connectivity index (χ0) is 13.7. The number of nitrogens with zero attached hydrogens (tertiary/aromatic N) is 1. The van der Waals surface area contributed by atoms with Gasteiger partial charge in [-0.15, -0.1) is 11.3 Å². The SMILES string of the molecule is CC(C)CN(CC(C)C)C(=O)Cc1ccc(Br)s1. The van der Waals surface area contributed by atoms with Gasteiger partial charge < -0.3 is 4.90 Å². The summed E-state index contributed by atoms with van der Waals surface area (Å²) in [6.45, 7) is 10.3. The summed E-state index contributed by atoms with van der Waals surface area (Å²) in [5, 5.41) is 0. The van der Waals surface area contributed by atoms with Crippen LogP contribution < -0.4 is 0 Å². The molecule has 0 bridgehead atoms. The molecule has 1 rings (SSSR count). The van der Waals surface area contributed by atoms with Gasteiger partial charge in [0.1, 0.15) is 0 Å². The molecule has 0 radical (unpaired) electrons. The summed E-state index contributed by atoms with van der Waals surface area (Å²) in [6.07, 6.45) is 0.524. The van der Waals surface area contributed by atoms with E-state index in [9.17, 15) is 4.79 Å². The fraction of sp³-hybridized carbons (Fsp3) is 0.643. The molecule has 1 amide bonds. The number of rotatable bonds is 6. The minimum atomic E-state index is 0.242. The van der Waals surface area contributed by atoms with Gasteiger partial charge in [0.05, 0.1) is 10.2 Å². The molecule has 0 aliphatic rings. The third kappa shape index (κ3) is 5.53. The van der Waals surface area contributed by atoms with Crippen molar-refractivity contribution in [2.45, 2.75) is 34.1 Å². The lowest BCUT2D eigenvalue weighted by atomic mass is 10.1. The standard InChI is InChI=1S/C14H22BrNOS/c1-10(2)8-16(9-11(3)4)14(17)7-12-5-6-13(15)18-12/h5-6,10-11H,7-9H2,1-4H3. The summed E-state index contributed by atoms with van der Waals surface area (Å²) in [4.78, 5) is 15.4. The van der Waals surface area contributed by atoms with E-state index in [0.717, 1.165) is 21.8 Å². The molecule has 0 aliphatic heterocycles. The molecule has 102 valence electrons. The van der Waals surface area contributed by atoms with Crippen molar-refractivity contribution in [2.75, 3.05) is 13.1 Å². The van der Waals surface area contributed by atoms with Crippen molar-refractivity contribution in [3.05, 3.63) is 20.8 Å². The van der Waals surface area contributed by atoms with Crippen LogP contribution in [-0.2, 0) is 11.2 Å². The van der Waals surface area contributed by atoms with Crippen LogP contribution in [0.3, 0.4) is 0 Å². The molecule has 0 unspecified atom stereocenters. The van der Waals surface area contributed by atoms with E-state index < -0.39 is 0 Å². The molecule has 0 atom stereocenters. The summed E-state index contributed by atoms with van der Waals surface area (Å²) < 4.78 is 1.09. The van der Waals surface area contributed by atoms with E-state index in [1.165, 1.54) is 0 Å². The van der Waals surface area contributed by atoms with Crippen molar-refractivity contribution in [3.8, 4) is 0 Å². The fourth-order valence-corrected chi connectivity index (χ4v) is 3.34. The van der Waals surface area contributed by atoms with Gasteiger partial charge in [-0.1, -0.05) is 27.7 Å². The smallest absolute Gasteiger partial charge is 0.227 e. The van der Waals surface area contributed by atoms with Gasteiger partial charge in [0.2, 0.25) is 5.91 Å². The molecular weight excluding hydrogens is 310 g/mol. The van der Waals surface area contributed by atoms with Gasteiger partial charge in [0, 0.05) is 18.0 Å². The number of halogens is 1. The molecule has 0 saturated carbocycles. The van der Waals surface area contributed by atoms with E-state index in [1.54, 1.807) is 11.3 Å². The van der Waals surface area contributed by atoms with Crippen molar-refractivity contribution in [3.63, 3.8) is 0 Å². The first-order chi connectivity index (χ1) is 8.38. The lowest BCUT2D eigenvalue weighted by Gasteiger charge is -2.26. The molecule has 2 nitrogen and oxygen atoms in total. The van der Waals surface area contributed by atoms with E-state index >= 15 is 0 Å². The van der Waals surface area contributed by atoms with Crippen LogP contribution >= 0.6 is 27.3 Å². The Morgan fingerprint density at radius 2 is 1.78 bits per heavy atom. The maximum atomic E-state index is 12.3. The maximum Gasteiger partial charge on any atom is 0.227 e. The van der Waals surface area contributed by atoms with Crippen LogP contribution in [0.4, 0.5) is 0 Å². The summed E-state index contributed by atoms with van der Waals surface area (Å²) in [5.41, 5.74) is 0. The predicted molar refractivity (Wildman–Crippen MR) is 82.0 cm³/mol. The summed E-state index contributed by atoms with van der Waals surface area (Å²) in [5.74, 6) is 1.28. The molecular formula is C14H22BrNOS. The lowest BCUT2D eigenvalue weighted by Crippen LogP contribution is -2.37. The van der Waals surface area contributed by atoms with Gasteiger partial charge in [0.15, 0.2) is 0 Å². The van der Waals surface area contributed by atoms with Crippen LogP contribution in [0.15, 0.2) is 15.9 Å². The molecule has 0 saturated heterocycles. The Labute approximate surface area is 123 Å². The molecule has 0 N–H and O–H groups in total. The topological polar surface area (TPSA) is 20.3 Å². The predicted octanol–water partition coefficient (Wildman–Crippen LogP) is 4.19. The molecule has 0 aliphatic carbocycles. The Hall–Kier alpha value is -0.350. The molecule has 18 heavy (non-hydrogen) atoms. The zero-order valence-electron chi connectivity index (χ0n) is 11.6. The quantitative estimate of drug-likeness (QED) is 0.765. The molecule has 1 aromatic heterocycles. The summed E-state index contributed by atoms with van der Waals surface area (Å²) >= 11 is 5.07. The first kappa shape index (κ1) is 15.7. The minimum absolute atomic E-state index is 0.242. The Kier molecular flexibility index (Phi) is 6.36. The fourth-order valence-electron chi connectivity index (χ4n) is 1.87. The summed E-state index contributed by atoms with van der Waals surface area (Å²) in [7, 11) is 0. The number of hydrogen-bond donors (Lipinski definition) is 0. The van der Waals surface area contributed by atoms with Crippen molar-refractivity contribution in [2.24, 2.45) is 11.8 Å². The van der Waals surface area contributed by atoms with E-state index in [-0.39, 0.29) is 5.91 Å². The highest BCUT2D eigenvalue weighted by Crippen LogP contribution is 2.23. The van der Waals surface area contributed by atoms with E-state index in [2.05, 4.69) is 43.6 Å². The Balaban J connectivity index is 2.63. The number of amides is 1. The molecule has 1 aromatic rings. The molecule has 0 fully saturated rings. The number of carbonyl (C=O) groups excluding carboxylic acids is 1. The van der Waals surface area contributed by atoms with Crippen molar-refractivity contribution in [1.82, 2.24) is 4.90 Å². The van der Waals surface area contributed by atoms with E-state index in [1.807, 2.05) is 17.0 Å². The zero-order valence-corrected chi connectivity index (χ0v) is 14.0. The van der Waals surface area contributed by atoms with Gasteiger partial charge in [-0.05, 0) is 39.9 Å². The second-order valence-electron chi connectivity index (χ2n) is 5.47. The van der Waals surface area contributed by atoms with Crippen LogP contribution in [0, 0.1) is 11.8 Å². The average Bonchev–Trinajstić information content (AvgIpc) is 2.61. The highest BCUT2D eigenvalue weighted by atomic mass is 79.9. The Morgan fingerprint density at radius 1 is 1.22 bits per heavy atom. The first-order valence-electron chi connectivity index (χ1n) is 6.40. The highest BCUT2D eigenvalue weighted by molar-refractivity contribution is 9.11. The van der Waals surface area contributed by atoms with Gasteiger partial charge in [-0.25, -0.2) is 0 Å². The van der Waals surface area contributed by atoms with E-state index in [0.29, 0.717) is 18.3 Å². The van der Waals surface area contributed by atoms with Crippen molar-refractivity contribution >= 4 is 33.2 Å². The molecule has 1 heterocycles. The van der Waals surface area contributed by atoms with Crippen LogP contribution in [0.1, 0.15) is 32.6 Å². The normalized spacial score (nSPS) is 11.3. The molecule has 0 spiro atoms. The number of thiophene rings is 1. The van der Waals surface area contributed by atoms with Gasteiger partial charge in [-0.3, -0.25) is 4.79 Å². The molecule has 0 aromatic carbocycles. The molecule has 4 heteroatoms. The monoisotopic (exact) mass is 331 g/mol. The van der Waals surface area contributed by atoms with Gasteiger partial charge in [0.25, 0.3) is 0 Å². The summed E-state index contributed by atoms with van der Waals surface area (Å²) in [6, 6.07) is 4.03. The van der Waals surface area contributed by atoms with Gasteiger partial charge in [-0.2, -0.15) is 0 Å². The van der Waals surface area contributed by atoms with Crippen LogP contribution in [0.25, 0.3) is 0 Å². The number of hydrogen-bond acceptors (Lipinski definition) is 2. The third-order valence-corrected chi connectivity index (χ3v) is 4.10. The second kappa shape index (κ2) is 7.29.